The Labute approximate surface area is 198 Å². The van der Waals surface area contributed by atoms with Gasteiger partial charge in [-0.3, -0.25) is 23.4 Å². The fourth-order valence-electron chi connectivity index (χ4n) is 3.35. The molecule has 0 spiro atoms. The van der Waals surface area contributed by atoms with Crippen LogP contribution in [0.3, 0.4) is 0 Å². The maximum absolute atomic E-state index is 12.1. The van der Waals surface area contributed by atoms with Crippen LogP contribution in [0.25, 0.3) is 11.2 Å². The molecule has 9 N–H and O–H groups in total. The third kappa shape index (κ3) is 7.15. The van der Waals surface area contributed by atoms with Gasteiger partial charge in [0, 0.05) is 0 Å². The van der Waals surface area contributed by atoms with Crippen LogP contribution in [0, 0.1) is 0 Å². The van der Waals surface area contributed by atoms with Gasteiger partial charge in [-0.25, -0.2) is 14.1 Å². The number of anilines is 1. The van der Waals surface area contributed by atoms with Crippen LogP contribution < -0.4 is 17.0 Å². The van der Waals surface area contributed by atoms with E-state index in [9.17, 15) is 33.9 Å². The monoisotopic (exact) mass is 542 g/mol. The highest BCUT2D eigenvalue weighted by Crippen LogP contribution is 2.60. The normalized spacial score (nSPS) is 26.1. The number of nitrogens with one attached hydrogen (secondary N) is 1. The molecule has 1 fully saturated rings. The number of phosphoric acid groups is 2. The molecule has 0 saturated carbocycles. The van der Waals surface area contributed by atoms with E-state index in [0.29, 0.717) is 19.4 Å². The number of hydrogen-bond donors (Lipinski definition) is 7. The molecular weight excluding hydrogens is 514 g/mol. The predicted molar refractivity (Wildman–Crippen MR) is 119 cm³/mol. The number of H-pyrrole nitrogens is 1. The summed E-state index contributed by atoms with van der Waals surface area (Å²) >= 11 is 0. The molecular formula is C16H28N6O11P2. The quantitative estimate of drug-likeness (QED) is 0.119. The van der Waals surface area contributed by atoms with E-state index in [1.807, 2.05) is 0 Å². The number of fused-ring (bicyclic) bond motifs is 1. The molecule has 1 aliphatic rings. The maximum Gasteiger partial charge on any atom is 0.481 e. The molecule has 1 saturated heterocycles. The first-order chi connectivity index (χ1) is 16.4. The van der Waals surface area contributed by atoms with Crippen molar-refractivity contribution in [2.24, 2.45) is 5.73 Å². The zero-order chi connectivity index (χ0) is 25.8. The third-order valence-corrected chi connectivity index (χ3v) is 7.66. The van der Waals surface area contributed by atoms with E-state index in [1.165, 1.54) is 0 Å². The van der Waals surface area contributed by atoms with Crippen molar-refractivity contribution in [1.29, 1.82) is 0 Å². The second kappa shape index (κ2) is 11.5. The van der Waals surface area contributed by atoms with E-state index < -0.39 is 52.4 Å². The van der Waals surface area contributed by atoms with Crippen LogP contribution in [-0.4, -0.2) is 77.6 Å². The number of phosphoric ester groups is 2. The van der Waals surface area contributed by atoms with E-state index in [2.05, 4.69) is 28.3 Å². The number of aromatic nitrogens is 4. The third-order valence-electron chi connectivity index (χ3n) is 5.02. The van der Waals surface area contributed by atoms with Crippen LogP contribution in [0.2, 0.25) is 0 Å². The van der Waals surface area contributed by atoms with Gasteiger partial charge in [0.1, 0.15) is 18.3 Å². The summed E-state index contributed by atoms with van der Waals surface area (Å²) in [5.41, 5.74) is 10.1. The Morgan fingerprint density at radius 2 is 1.80 bits per heavy atom. The highest BCUT2D eigenvalue weighted by atomic mass is 31.3. The predicted octanol–water partition coefficient (Wildman–Crippen LogP) is -0.909. The Hall–Kier alpha value is -1.75. The fourth-order valence-corrected chi connectivity index (χ4v) is 5.47. The Bertz CT molecular complexity index is 1160. The second-order valence-electron chi connectivity index (χ2n) is 7.67. The number of rotatable bonds is 13. The second-order valence-corrected chi connectivity index (χ2v) is 10.7. The van der Waals surface area contributed by atoms with Gasteiger partial charge in [-0.1, -0.05) is 12.8 Å². The van der Waals surface area contributed by atoms with Crippen LogP contribution >= 0.6 is 15.6 Å². The van der Waals surface area contributed by atoms with Gasteiger partial charge < -0.3 is 36.2 Å². The number of nitrogens with zero attached hydrogens (tertiary/aromatic N) is 3. The van der Waals surface area contributed by atoms with Gasteiger partial charge in [-0.15, -0.1) is 0 Å². The molecule has 19 heteroatoms. The lowest BCUT2D eigenvalue weighted by molar-refractivity contribution is -0.0504. The van der Waals surface area contributed by atoms with Crippen molar-refractivity contribution in [2.75, 3.05) is 25.5 Å². The molecule has 0 radical (unpaired) electrons. The summed E-state index contributed by atoms with van der Waals surface area (Å²) in [6.07, 6.45) is -2.11. The highest BCUT2D eigenvalue weighted by molar-refractivity contribution is 7.61. The largest absolute Gasteiger partial charge is 0.481 e. The van der Waals surface area contributed by atoms with Crippen molar-refractivity contribution < 1.29 is 47.2 Å². The van der Waals surface area contributed by atoms with Crippen molar-refractivity contribution in [1.82, 2.24) is 19.5 Å². The molecule has 2 aromatic heterocycles. The van der Waals surface area contributed by atoms with Gasteiger partial charge in [0.25, 0.3) is 5.56 Å². The zero-order valence-electron chi connectivity index (χ0n) is 18.4. The van der Waals surface area contributed by atoms with E-state index in [-0.39, 0.29) is 23.7 Å². The van der Waals surface area contributed by atoms with E-state index >= 15 is 0 Å². The van der Waals surface area contributed by atoms with Crippen LogP contribution in [0.4, 0.5) is 5.95 Å². The summed E-state index contributed by atoms with van der Waals surface area (Å²) in [5, 5.41) is 20.7. The number of aliphatic hydroxyl groups excluding tert-OH is 2. The number of imidazole rings is 1. The van der Waals surface area contributed by atoms with Gasteiger partial charge in [-0.05, 0) is 19.4 Å². The molecule has 0 bridgehead atoms. The lowest BCUT2D eigenvalue weighted by atomic mass is 10.1. The summed E-state index contributed by atoms with van der Waals surface area (Å²) < 4.78 is 44.2. The van der Waals surface area contributed by atoms with Gasteiger partial charge in [0.15, 0.2) is 17.4 Å². The number of nitrogen functional groups attached to an aromatic ring is 1. The molecule has 6 atom stereocenters. The van der Waals surface area contributed by atoms with E-state index in [0.717, 1.165) is 23.7 Å². The van der Waals surface area contributed by atoms with Gasteiger partial charge in [0.2, 0.25) is 5.95 Å². The number of nitrogens with two attached hydrogens (primary N) is 2. The standard InChI is InChI=1S/C16H28N6O11P2/c17-5-3-1-2-4-6-30-34(26,27)33-35(28,29)31-7-9-11(23)12(24)15(32-9)22-8-19-10-13(22)20-16(18)21-14(10)25/h8-9,11-12,15,23-24H,1-7,17H2,(H,26,27)(H,28,29)(H3,18,20,21,25)/t9-,11-,12-,15-/m1/s1. The Morgan fingerprint density at radius 1 is 1.11 bits per heavy atom. The summed E-state index contributed by atoms with van der Waals surface area (Å²) in [7, 11) is -10.1. The molecule has 3 rings (SSSR count). The minimum absolute atomic E-state index is 0.0402. The van der Waals surface area contributed by atoms with Crippen molar-refractivity contribution in [3.05, 3.63) is 16.7 Å². The minimum atomic E-state index is -5.13. The topological polar surface area (TPSA) is 268 Å². The smallest absolute Gasteiger partial charge is 0.387 e. The fraction of sp³-hybridized carbons (Fsp3) is 0.688. The summed E-state index contributed by atoms with van der Waals surface area (Å²) in [6.45, 7) is -0.490. The molecule has 1 aliphatic heterocycles. The van der Waals surface area contributed by atoms with Gasteiger partial charge >= 0.3 is 15.6 Å². The first kappa shape index (κ1) is 27.8. The van der Waals surface area contributed by atoms with Crippen molar-refractivity contribution in [3.63, 3.8) is 0 Å². The van der Waals surface area contributed by atoms with E-state index in [4.69, 9.17) is 16.2 Å². The number of hydrogen-bond acceptors (Lipinski definition) is 13. The van der Waals surface area contributed by atoms with Crippen LogP contribution in [0.15, 0.2) is 11.1 Å². The molecule has 0 aliphatic carbocycles. The average molecular weight is 542 g/mol. The molecule has 35 heavy (non-hydrogen) atoms. The number of unbranched alkanes of at least 4 members (excludes halogenated alkanes) is 3. The molecule has 2 unspecified atom stereocenters. The Morgan fingerprint density at radius 3 is 2.51 bits per heavy atom. The maximum atomic E-state index is 12.1. The van der Waals surface area contributed by atoms with Crippen LogP contribution in [0.5, 0.6) is 0 Å². The average Bonchev–Trinajstić information content (AvgIpc) is 3.30. The molecule has 3 heterocycles. The Kier molecular flexibility index (Phi) is 9.17. The number of aliphatic hydroxyl groups is 2. The first-order valence-electron chi connectivity index (χ1n) is 10.5. The lowest BCUT2D eigenvalue weighted by Crippen LogP contribution is -2.33. The summed E-state index contributed by atoms with van der Waals surface area (Å²) in [5.74, 6) is -0.221. The molecule has 2 aromatic rings. The highest BCUT2D eigenvalue weighted by Gasteiger charge is 2.46. The van der Waals surface area contributed by atoms with E-state index in [1.54, 1.807) is 0 Å². The Balaban J connectivity index is 1.57. The van der Waals surface area contributed by atoms with Crippen LogP contribution in [0.1, 0.15) is 31.9 Å². The molecule has 0 aromatic carbocycles. The van der Waals surface area contributed by atoms with Crippen LogP contribution in [-0.2, 0) is 27.2 Å². The van der Waals surface area contributed by atoms with Crippen molar-refractivity contribution >= 4 is 32.8 Å². The van der Waals surface area contributed by atoms with Crippen molar-refractivity contribution in [2.45, 2.75) is 50.2 Å². The van der Waals surface area contributed by atoms with Crippen molar-refractivity contribution in [3.8, 4) is 0 Å². The SMILES string of the molecule is NCCCCCCOP(=O)(O)OP(=O)(O)OC[C@H]1O[C@@H](n2cnc3c(=O)[nH]c(N)nc32)[C@H](O)[C@@H]1O. The first-order valence-corrected chi connectivity index (χ1v) is 13.5. The zero-order valence-corrected chi connectivity index (χ0v) is 20.2. The molecule has 17 nitrogen and oxygen atoms in total. The summed E-state index contributed by atoms with van der Waals surface area (Å²) in [4.78, 5) is 41.4. The van der Waals surface area contributed by atoms with Gasteiger partial charge in [0.05, 0.1) is 19.5 Å². The molecule has 0 amide bonds. The number of aromatic amines is 1. The number of ether oxygens (including phenoxy) is 1. The van der Waals surface area contributed by atoms with Gasteiger partial charge in [-0.2, -0.15) is 9.29 Å². The summed E-state index contributed by atoms with van der Waals surface area (Å²) in [6, 6.07) is 0. The lowest BCUT2D eigenvalue weighted by Gasteiger charge is -2.19. The minimum Gasteiger partial charge on any atom is -0.387 e. The molecule has 198 valence electrons.